The van der Waals surface area contributed by atoms with Crippen molar-refractivity contribution in [2.75, 3.05) is 9.36 Å². The van der Waals surface area contributed by atoms with Crippen LogP contribution in [0.15, 0.2) is 18.8 Å². The van der Waals surface area contributed by atoms with Crippen LogP contribution in [-0.4, -0.2) is 9.36 Å². The van der Waals surface area contributed by atoms with Gasteiger partial charge in [-0.1, -0.05) is 0 Å². The molecule has 0 radical (unpaired) electrons. The number of hydrogen-bond donors (Lipinski definition) is 0. The van der Waals surface area contributed by atoms with Gasteiger partial charge in [0.25, 0.3) is 0 Å². The number of hydrogen-bond acceptors (Lipinski definition) is 0. The van der Waals surface area contributed by atoms with Gasteiger partial charge in [0.05, 0.1) is 0 Å². The summed E-state index contributed by atoms with van der Waals surface area (Å²) >= 11 is -1.79. The molecule has 2 aliphatic rings. The maximum absolute atomic E-state index is 2.70. The van der Waals surface area contributed by atoms with Crippen molar-refractivity contribution in [3.8, 4) is 0 Å². The molecule has 0 aromatic rings. The quantitative estimate of drug-likeness (QED) is 0.533. The van der Waals surface area contributed by atoms with Crippen LogP contribution in [0.3, 0.4) is 0 Å². The molecule has 0 aromatic heterocycles. The van der Waals surface area contributed by atoms with Crippen LogP contribution in [0.4, 0.5) is 0 Å². The van der Waals surface area contributed by atoms with E-state index in [1.54, 1.807) is 0 Å². The Labute approximate surface area is 118 Å². The second kappa shape index (κ2) is 5.30. The second-order valence-corrected chi connectivity index (χ2v) is 15.4. The van der Waals surface area contributed by atoms with Gasteiger partial charge in [0.2, 0.25) is 0 Å². The summed E-state index contributed by atoms with van der Waals surface area (Å²) in [6, 6.07) is 0. The Balaban J connectivity index is 2.59. The molecule has 0 nitrogen and oxygen atoms in total. The van der Waals surface area contributed by atoms with Crippen molar-refractivity contribution >= 4 is 0 Å². The van der Waals surface area contributed by atoms with E-state index >= 15 is 0 Å². The summed E-state index contributed by atoms with van der Waals surface area (Å²) in [4.78, 5) is 2.70. The molecular weight excluding hydrogens is 331 g/mol. The molecule has 2 rings (SSSR count). The average Bonchev–Trinajstić information content (AvgIpc) is 2.54. The molecule has 0 bridgehead atoms. The van der Waals surface area contributed by atoms with E-state index in [1.807, 2.05) is 12.7 Å². The fraction of sp³-hybridized carbons (Fsp3) is 0.765. The minimum atomic E-state index is -1.79. The van der Waals surface area contributed by atoms with Crippen LogP contribution in [0, 0.1) is 5.41 Å². The molecule has 2 atom stereocenters. The van der Waals surface area contributed by atoms with Crippen molar-refractivity contribution < 1.29 is 18.4 Å². The van der Waals surface area contributed by atoms with Crippen LogP contribution in [0.1, 0.15) is 66.2 Å². The molecule has 1 heterocycles. The monoisotopic (exact) mass is 361 g/mol. The number of fused-ring (bicyclic) bond motifs is 1. The van der Waals surface area contributed by atoms with Gasteiger partial charge in [-0.05, 0) is 0 Å². The second-order valence-electron chi connectivity index (χ2n) is 6.06. The topological polar surface area (TPSA) is 0 Å². The number of alkyl halides is 2. The molecule has 1 unspecified atom stereocenters. The molecule has 1 aliphatic heterocycles. The fourth-order valence-electron chi connectivity index (χ4n) is 4.31. The summed E-state index contributed by atoms with van der Waals surface area (Å²) in [6.07, 6.45) is 10.8. The molecule has 0 spiro atoms. The van der Waals surface area contributed by atoms with Crippen molar-refractivity contribution in [3.63, 3.8) is 0 Å². The van der Waals surface area contributed by atoms with Gasteiger partial charge in [-0.15, -0.1) is 0 Å². The first-order valence-electron chi connectivity index (χ1n) is 7.65. The van der Waals surface area contributed by atoms with Gasteiger partial charge in [-0.3, -0.25) is 0 Å². The molecule has 0 amide bonds. The van der Waals surface area contributed by atoms with Crippen LogP contribution in [-0.2, 0) is 0 Å². The van der Waals surface area contributed by atoms with Gasteiger partial charge < -0.3 is 0 Å². The molecule has 0 saturated carbocycles. The SMILES string of the molecule is CCC[I-]1(C)C2=CCCC[C@]2(C)C(CC)=C1CC. The minimum absolute atomic E-state index is 0.485. The Bertz CT molecular complexity index is 390. The summed E-state index contributed by atoms with van der Waals surface area (Å²) in [5, 5.41) is 0. The molecule has 1 aliphatic carbocycles. The van der Waals surface area contributed by atoms with E-state index in [0.717, 1.165) is 0 Å². The van der Waals surface area contributed by atoms with Crippen molar-refractivity contribution in [2.24, 2.45) is 5.41 Å². The van der Waals surface area contributed by atoms with Crippen LogP contribution in [0.25, 0.3) is 0 Å². The predicted molar refractivity (Wildman–Crippen MR) is 78.7 cm³/mol. The van der Waals surface area contributed by atoms with E-state index in [4.69, 9.17) is 0 Å². The first kappa shape index (κ1) is 14.6. The zero-order valence-corrected chi connectivity index (χ0v) is 15.1. The molecular formula is C17H30I-. The van der Waals surface area contributed by atoms with Gasteiger partial charge >= 0.3 is 118 Å². The van der Waals surface area contributed by atoms with Crippen LogP contribution in [0.5, 0.6) is 0 Å². The van der Waals surface area contributed by atoms with Crippen LogP contribution in [0.2, 0.25) is 0 Å². The van der Waals surface area contributed by atoms with E-state index < -0.39 is 18.4 Å². The molecule has 0 aromatic carbocycles. The third-order valence-corrected chi connectivity index (χ3v) is 16.6. The first-order valence-corrected chi connectivity index (χ1v) is 13.5. The Morgan fingerprint density at radius 3 is 2.50 bits per heavy atom. The van der Waals surface area contributed by atoms with E-state index in [1.165, 1.54) is 43.0 Å². The van der Waals surface area contributed by atoms with Crippen molar-refractivity contribution in [1.82, 2.24) is 0 Å². The molecule has 18 heavy (non-hydrogen) atoms. The predicted octanol–water partition coefficient (Wildman–Crippen LogP) is 2.35. The third kappa shape index (κ3) is 1.92. The Morgan fingerprint density at radius 1 is 1.22 bits per heavy atom. The standard InChI is InChI=1S/C17H30I/c1-6-13-18(5)15(8-3)14(7-2)17(4)12-10-9-11-16(17)18/h11H,6-10,12-13H2,1-5H3/q-1/t17-/m1/s1. The van der Waals surface area contributed by atoms with Crippen molar-refractivity contribution in [2.45, 2.75) is 66.2 Å². The van der Waals surface area contributed by atoms with Gasteiger partial charge in [0, 0.05) is 0 Å². The van der Waals surface area contributed by atoms with Crippen LogP contribution >= 0.6 is 0 Å². The van der Waals surface area contributed by atoms with Gasteiger partial charge in [-0.25, -0.2) is 0 Å². The zero-order chi connectivity index (χ0) is 13.4. The summed E-state index contributed by atoms with van der Waals surface area (Å²) < 4.78 is 5.43. The summed E-state index contributed by atoms with van der Waals surface area (Å²) in [6.45, 7) is 9.74. The molecule has 0 N–H and O–H groups in total. The summed E-state index contributed by atoms with van der Waals surface area (Å²) in [5.74, 6) is 0. The van der Waals surface area contributed by atoms with Crippen molar-refractivity contribution in [3.05, 3.63) is 18.8 Å². The van der Waals surface area contributed by atoms with E-state index in [-0.39, 0.29) is 0 Å². The number of halogens is 1. The summed E-state index contributed by atoms with van der Waals surface area (Å²) in [5.41, 5.74) is 2.35. The third-order valence-electron chi connectivity index (χ3n) is 4.91. The number of rotatable bonds is 4. The van der Waals surface area contributed by atoms with E-state index in [9.17, 15) is 0 Å². The van der Waals surface area contributed by atoms with Gasteiger partial charge in [0.1, 0.15) is 0 Å². The average molecular weight is 361 g/mol. The number of allylic oxidation sites excluding steroid dienone is 4. The molecule has 106 valence electrons. The van der Waals surface area contributed by atoms with E-state index in [0.29, 0.717) is 5.41 Å². The Morgan fingerprint density at radius 2 is 1.94 bits per heavy atom. The zero-order valence-electron chi connectivity index (χ0n) is 12.9. The maximum atomic E-state index is 2.70. The first-order chi connectivity index (χ1) is 8.54. The molecule has 0 saturated heterocycles. The fourth-order valence-corrected chi connectivity index (χ4v) is 17.0. The van der Waals surface area contributed by atoms with E-state index in [2.05, 4.69) is 38.7 Å². The van der Waals surface area contributed by atoms with Crippen LogP contribution < -0.4 is 18.4 Å². The molecule has 0 fully saturated rings. The van der Waals surface area contributed by atoms with Gasteiger partial charge in [-0.2, -0.15) is 0 Å². The summed E-state index contributed by atoms with van der Waals surface area (Å²) in [7, 11) is 0. The normalized spacial score (nSPS) is 39.3. The van der Waals surface area contributed by atoms with Gasteiger partial charge in [0.15, 0.2) is 0 Å². The Hall–Kier alpha value is 0.210. The van der Waals surface area contributed by atoms with Crippen molar-refractivity contribution in [1.29, 1.82) is 0 Å². The Kier molecular flexibility index (Phi) is 4.30. The molecule has 1 heteroatoms.